The zero-order chi connectivity index (χ0) is 14.2. The number of nitrogens with two attached hydrogens (primary N) is 1. The first-order valence-corrected chi connectivity index (χ1v) is 6.52. The molecule has 102 valence electrons. The summed E-state index contributed by atoms with van der Waals surface area (Å²) >= 11 is 5.12. The van der Waals surface area contributed by atoms with E-state index in [1.807, 2.05) is 25.7 Å². The van der Waals surface area contributed by atoms with E-state index in [0.29, 0.717) is 24.5 Å². The lowest BCUT2D eigenvalue weighted by atomic mass is 10.1. The lowest BCUT2D eigenvalue weighted by Gasteiger charge is -2.34. The van der Waals surface area contributed by atoms with Crippen LogP contribution in [0.15, 0.2) is 0 Å². The number of thiocarbonyl (C=S) groups is 1. The van der Waals surface area contributed by atoms with Crippen LogP contribution in [0.4, 0.5) is 5.82 Å². The number of carbonyl (C=O) groups is 1. The van der Waals surface area contributed by atoms with Crippen molar-refractivity contribution in [2.75, 3.05) is 18.0 Å². The third-order valence-corrected chi connectivity index (χ3v) is 3.66. The molecule has 0 bridgehead atoms. The lowest BCUT2D eigenvalue weighted by molar-refractivity contribution is -0.122. The Morgan fingerprint density at radius 2 is 2.16 bits per heavy atom. The summed E-state index contributed by atoms with van der Waals surface area (Å²) in [6.07, 6.45) is 0. The lowest BCUT2D eigenvalue weighted by Crippen LogP contribution is -2.54. The van der Waals surface area contributed by atoms with Crippen LogP contribution >= 0.6 is 12.2 Å². The van der Waals surface area contributed by atoms with E-state index in [9.17, 15) is 4.79 Å². The molecule has 19 heavy (non-hydrogen) atoms. The number of aromatic nitrogens is 2. The van der Waals surface area contributed by atoms with Gasteiger partial charge in [0.1, 0.15) is 11.0 Å². The first-order valence-electron chi connectivity index (χ1n) is 6.11. The number of rotatable bonds is 2. The number of carbonyl (C=O) groups excluding carboxylic acids is 1. The highest BCUT2D eigenvalue weighted by molar-refractivity contribution is 7.80. The average Bonchev–Trinajstić information content (AvgIpc) is 2.35. The number of amides is 1. The maximum atomic E-state index is 11.7. The fourth-order valence-electron chi connectivity index (χ4n) is 2.16. The zero-order valence-corrected chi connectivity index (χ0v) is 12.0. The third kappa shape index (κ3) is 2.37. The van der Waals surface area contributed by atoms with Gasteiger partial charge in [-0.1, -0.05) is 12.2 Å². The zero-order valence-electron chi connectivity index (χ0n) is 11.2. The van der Waals surface area contributed by atoms with Gasteiger partial charge in [0.25, 0.3) is 0 Å². The number of nitrogens with zero attached hydrogens (tertiary/aromatic N) is 3. The van der Waals surface area contributed by atoms with Gasteiger partial charge >= 0.3 is 0 Å². The van der Waals surface area contributed by atoms with Crippen LogP contribution in [0.25, 0.3) is 0 Å². The topological polar surface area (TPSA) is 84.1 Å². The molecule has 1 aliphatic rings. The van der Waals surface area contributed by atoms with Gasteiger partial charge in [0.2, 0.25) is 5.91 Å². The number of piperazine rings is 1. The number of hydrogen-bond donors (Lipinski definition) is 2. The monoisotopic (exact) mass is 279 g/mol. The van der Waals surface area contributed by atoms with E-state index in [-0.39, 0.29) is 16.9 Å². The Morgan fingerprint density at radius 1 is 1.47 bits per heavy atom. The minimum atomic E-state index is -0.307. The van der Waals surface area contributed by atoms with Gasteiger partial charge in [0, 0.05) is 13.1 Å². The van der Waals surface area contributed by atoms with Crippen molar-refractivity contribution in [3.05, 3.63) is 16.8 Å². The molecule has 1 fully saturated rings. The van der Waals surface area contributed by atoms with Gasteiger partial charge in [-0.15, -0.1) is 5.10 Å². The molecule has 0 spiro atoms. The number of hydrogen-bond acceptors (Lipinski definition) is 5. The minimum absolute atomic E-state index is 0.0276. The molecule has 3 N–H and O–H groups in total. The van der Waals surface area contributed by atoms with E-state index in [1.165, 1.54) is 0 Å². The van der Waals surface area contributed by atoms with Crippen LogP contribution in [-0.2, 0) is 4.79 Å². The summed E-state index contributed by atoms with van der Waals surface area (Å²) in [6, 6.07) is -0.307. The first-order chi connectivity index (χ1) is 8.93. The highest BCUT2D eigenvalue weighted by Gasteiger charge is 2.29. The molecule has 2 rings (SSSR count). The van der Waals surface area contributed by atoms with Crippen molar-refractivity contribution in [2.24, 2.45) is 5.73 Å². The van der Waals surface area contributed by atoms with Crippen molar-refractivity contribution < 1.29 is 4.79 Å². The highest BCUT2D eigenvalue weighted by atomic mass is 32.1. The van der Waals surface area contributed by atoms with Crippen LogP contribution in [-0.4, -0.2) is 40.2 Å². The number of nitrogens with one attached hydrogen (secondary N) is 1. The Balaban J connectivity index is 2.53. The quantitative estimate of drug-likeness (QED) is 0.744. The molecule has 2 heterocycles. The van der Waals surface area contributed by atoms with Gasteiger partial charge in [0.15, 0.2) is 5.82 Å². The third-order valence-electron chi connectivity index (χ3n) is 3.45. The Labute approximate surface area is 117 Å². The van der Waals surface area contributed by atoms with Crippen LogP contribution < -0.4 is 16.0 Å². The molecule has 1 amide bonds. The molecule has 0 aromatic carbocycles. The summed E-state index contributed by atoms with van der Waals surface area (Å²) < 4.78 is 0. The molecule has 6 nitrogen and oxygen atoms in total. The van der Waals surface area contributed by atoms with E-state index in [2.05, 4.69) is 15.5 Å². The summed E-state index contributed by atoms with van der Waals surface area (Å²) in [5.41, 5.74) is 8.22. The molecule has 0 aliphatic carbocycles. The molecule has 1 atom stereocenters. The van der Waals surface area contributed by atoms with Crippen molar-refractivity contribution in [1.82, 2.24) is 15.5 Å². The van der Waals surface area contributed by atoms with Crippen LogP contribution in [0.1, 0.15) is 23.7 Å². The van der Waals surface area contributed by atoms with Crippen molar-refractivity contribution in [3.63, 3.8) is 0 Å². The second kappa shape index (κ2) is 5.08. The summed E-state index contributed by atoms with van der Waals surface area (Å²) in [4.78, 5) is 13.9. The second-order valence-corrected chi connectivity index (χ2v) is 5.07. The predicted octanol–water partition coefficient (Wildman–Crippen LogP) is 0.0523. The predicted molar refractivity (Wildman–Crippen MR) is 77.2 cm³/mol. The van der Waals surface area contributed by atoms with Gasteiger partial charge in [-0.2, -0.15) is 5.10 Å². The van der Waals surface area contributed by atoms with Gasteiger partial charge in [-0.05, 0) is 26.3 Å². The van der Waals surface area contributed by atoms with Crippen LogP contribution in [0, 0.1) is 13.8 Å². The molecule has 7 heteroatoms. The van der Waals surface area contributed by atoms with Crippen molar-refractivity contribution in [1.29, 1.82) is 0 Å². The van der Waals surface area contributed by atoms with Crippen molar-refractivity contribution >= 4 is 28.9 Å². The molecular weight excluding hydrogens is 262 g/mol. The Hall–Kier alpha value is -1.76. The van der Waals surface area contributed by atoms with E-state index in [1.54, 1.807) is 0 Å². The van der Waals surface area contributed by atoms with E-state index in [4.69, 9.17) is 18.0 Å². The van der Waals surface area contributed by atoms with Gasteiger partial charge in [-0.3, -0.25) is 4.79 Å². The van der Waals surface area contributed by atoms with Gasteiger partial charge in [0.05, 0.1) is 11.3 Å². The number of aryl methyl sites for hydroxylation is 1. The molecular formula is C12H17N5OS. The summed E-state index contributed by atoms with van der Waals surface area (Å²) in [7, 11) is 0. The minimum Gasteiger partial charge on any atom is -0.389 e. The molecule has 1 aliphatic heterocycles. The van der Waals surface area contributed by atoms with Gasteiger partial charge < -0.3 is 16.0 Å². The Bertz CT molecular complexity index is 545. The fraction of sp³-hybridized carbons (Fsp3) is 0.500. The van der Waals surface area contributed by atoms with Crippen LogP contribution in [0.5, 0.6) is 0 Å². The SMILES string of the molecule is Cc1nnc(N2CCNC(=O)C2C)c(C(N)=S)c1C. The standard InChI is InChI=1S/C12H17N5OS/c1-6-7(2)15-16-11(9(6)10(13)19)17-5-4-14-12(18)8(17)3/h8H,4-5H2,1-3H3,(H2,13,19)(H,14,18). The second-order valence-electron chi connectivity index (χ2n) is 4.63. The normalized spacial score (nSPS) is 19.2. The van der Waals surface area contributed by atoms with Gasteiger partial charge in [-0.25, -0.2) is 0 Å². The van der Waals surface area contributed by atoms with Crippen molar-refractivity contribution in [3.8, 4) is 0 Å². The average molecular weight is 279 g/mol. The molecule has 0 saturated carbocycles. The maximum absolute atomic E-state index is 11.7. The van der Waals surface area contributed by atoms with E-state index < -0.39 is 0 Å². The Kier molecular flexibility index (Phi) is 3.66. The smallest absolute Gasteiger partial charge is 0.242 e. The summed E-state index contributed by atoms with van der Waals surface area (Å²) in [5.74, 6) is 0.568. The van der Waals surface area contributed by atoms with E-state index in [0.717, 1.165) is 11.3 Å². The maximum Gasteiger partial charge on any atom is 0.242 e. The first kappa shape index (κ1) is 13.7. The largest absolute Gasteiger partial charge is 0.389 e. The molecule has 1 aromatic heterocycles. The molecule has 1 aromatic rings. The van der Waals surface area contributed by atoms with Crippen LogP contribution in [0.2, 0.25) is 0 Å². The highest BCUT2D eigenvalue weighted by Crippen LogP contribution is 2.24. The number of anilines is 1. The summed E-state index contributed by atoms with van der Waals surface area (Å²) in [5, 5.41) is 11.1. The van der Waals surface area contributed by atoms with Crippen LogP contribution in [0.3, 0.4) is 0 Å². The molecule has 0 radical (unpaired) electrons. The molecule has 1 unspecified atom stereocenters. The van der Waals surface area contributed by atoms with E-state index >= 15 is 0 Å². The summed E-state index contributed by atoms with van der Waals surface area (Å²) in [6.45, 7) is 6.85. The molecule has 1 saturated heterocycles. The fourth-order valence-corrected chi connectivity index (χ4v) is 2.41. The van der Waals surface area contributed by atoms with Crippen molar-refractivity contribution in [2.45, 2.75) is 26.8 Å². The Morgan fingerprint density at radius 3 is 2.79 bits per heavy atom.